The molecule has 0 bridgehead atoms. The van der Waals surface area contributed by atoms with Crippen molar-refractivity contribution in [1.29, 1.82) is 0 Å². The van der Waals surface area contributed by atoms with Crippen molar-refractivity contribution in [2.75, 3.05) is 27.9 Å². The molecule has 0 fully saturated rings. The van der Waals surface area contributed by atoms with Crippen LogP contribution in [0.3, 0.4) is 0 Å². The number of hydrogen-bond acceptors (Lipinski definition) is 6. The van der Waals surface area contributed by atoms with Crippen LogP contribution in [0, 0.1) is 0 Å². The van der Waals surface area contributed by atoms with Gasteiger partial charge in [-0.3, -0.25) is 9.36 Å². The van der Waals surface area contributed by atoms with Crippen molar-refractivity contribution in [3.63, 3.8) is 0 Å². The molecule has 35 heavy (non-hydrogen) atoms. The van der Waals surface area contributed by atoms with Gasteiger partial charge < -0.3 is 18.9 Å². The fraction of sp³-hybridized carbons (Fsp3) is 0.286. The number of fused-ring (bicyclic) bond motifs is 1. The summed E-state index contributed by atoms with van der Waals surface area (Å²) >= 11 is 0. The highest BCUT2D eigenvalue weighted by Crippen LogP contribution is 2.36. The van der Waals surface area contributed by atoms with Gasteiger partial charge >= 0.3 is 0 Å². The number of hydrogen-bond donors (Lipinski definition) is 0. The normalized spacial score (nSPS) is 10.8. The predicted octanol–water partition coefficient (Wildman–Crippen LogP) is 5.34. The molecule has 0 saturated heterocycles. The first kappa shape index (κ1) is 24.1. The molecule has 0 saturated carbocycles. The Bertz CT molecular complexity index is 1310. The van der Waals surface area contributed by atoms with Gasteiger partial charge in [-0.15, -0.1) is 0 Å². The molecule has 0 aliphatic rings. The van der Waals surface area contributed by atoms with Gasteiger partial charge in [-0.1, -0.05) is 18.2 Å². The quantitative estimate of drug-likeness (QED) is 0.273. The molecule has 0 spiro atoms. The van der Waals surface area contributed by atoms with Gasteiger partial charge in [0.2, 0.25) is 5.75 Å². The predicted molar refractivity (Wildman–Crippen MR) is 137 cm³/mol. The van der Waals surface area contributed by atoms with Gasteiger partial charge in [0.1, 0.15) is 11.6 Å². The number of rotatable bonds is 11. The number of benzene rings is 3. The molecule has 7 heteroatoms. The van der Waals surface area contributed by atoms with E-state index in [4.69, 9.17) is 23.9 Å². The summed E-state index contributed by atoms with van der Waals surface area (Å²) in [5.74, 6) is 3.31. The minimum Gasteiger partial charge on any atom is -0.497 e. The Labute approximate surface area is 204 Å². The van der Waals surface area contributed by atoms with Crippen molar-refractivity contribution in [2.24, 2.45) is 0 Å². The summed E-state index contributed by atoms with van der Waals surface area (Å²) in [6, 6.07) is 20.6. The van der Waals surface area contributed by atoms with E-state index in [0.29, 0.717) is 47.1 Å². The van der Waals surface area contributed by atoms with Gasteiger partial charge in [-0.2, -0.15) is 0 Å². The number of aromatic nitrogens is 2. The molecule has 7 nitrogen and oxygen atoms in total. The molecule has 0 N–H and O–H groups in total. The van der Waals surface area contributed by atoms with E-state index < -0.39 is 0 Å². The zero-order valence-electron chi connectivity index (χ0n) is 20.3. The van der Waals surface area contributed by atoms with Crippen LogP contribution in [0.1, 0.15) is 19.3 Å². The molecule has 182 valence electrons. The molecule has 0 unspecified atom stereocenters. The molecule has 0 atom stereocenters. The lowest BCUT2D eigenvalue weighted by molar-refractivity contribution is 0.267. The van der Waals surface area contributed by atoms with Gasteiger partial charge in [0.25, 0.3) is 5.56 Å². The highest BCUT2D eigenvalue weighted by Gasteiger charge is 2.14. The molecule has 4 aromatic rings. The van der Waals surface area contributed by atoms with Crippen molar-refractivity contribution in [3.8, 4) is 34.4 Å². The highest BCUT2D eigenvalue weighted by atomic mass is 16.5. The van der Waals surface area contributed by atoms with Gasteiger partial charge in [0, 0.05) is 12.1 Å². The van der Waals surface area contributed by atoms with Gasteiger partial charge in [-0.25, -0.2) is 4.98 Å². The fourth-order valence-electron chi connectivity index (χ4n) is 4.02. The van der Waals surface area contributed by atoms with E-state index in [1.165, 1.54) is 0 Å². The smallest absolute Gasteiger partial charge is 0.261 e. The topological polar surface area (TPSA) is 71.8 Å². The zero-order chi connectivity index (χ0) is 24.6. The molecule has 3 aromatic carbocycles. The fourth-order valence-corrected chi connectivity index (χ4v) is 4.02. The SMILES string of the molecule is COc1ccc(-c2nc3ccccc3c(=O)n2CCCCCOc2c(OC)cccc2OC)cc1. The number of unbranched alkanes of at least 4 members (excludes halogenated alkanes) is 2. The first-order chi connectivity index (χ1) is 17.2. The molecule has 1 heterocycles. The van der Waals surface area contributed by atoms with E-state index >= 15 is 0 Å². The Morgan fingerprint density at radius 2 is 1.49 bits per heavy atom. The van der Waals surface area contributed by atoms with Crippen LogP contribution in [0.15, 0.2) is 71.5 Å². The Kier molecular flexibility index (Phi) is 7.88. The Morgan fingerprint density at radius 1 is 0.771 bits per heavy atom. The maximum atomic E-state index is 13.3. The lowest BCUT2D eigenvalue weighted by Crippen LogP contribution is -2.23. The third-order valence-electron chi connectivity index (χ3n) is 5.86. The molecule has 0 aliphatic carbocycles. The molecule has 0 amide bonds. The van der Waals surface area contributed by atoms with Crippen molar-refractivity contribution < 1.29 is 18.9 Å². The minimum absolute atomic E-state index is 0.0311. The van der Waals surface area contributed by atoms with Gasteiger partial charge in [-0.05, 0) is 67.8 Å². The minimum atomic E-state index is -0.0311. The standard InChI is InChI=1S/C28H30N2O5/c1-32-21-16-14-20(15-17-21)27-29-23-11-6-5-10-22(23)28(31)30(27)18-7-4-8-19-35-26-24(33-2)12-9-13-25(26)34-3/h5-6,9-17H,4,7-8,18-19H2,1-3H3. The lowest BCUT2D eigenvalue weighted by Gasteiger charge is -2.15. The molecule has 0 radical (unpaired) electrons. The van der Waals surface area contributed by atoms with E-state index in [-0.39, 0.29) is 5.56 Å². The monoisotopic (exact) mass is 474 g/mol. The average Bonchev–Trinajstić information content (AvgIpc) is 2.91. The van der Waals surface area contributed by atoms with Crippen molar-refractivity contribution in [2.45, 2.75) is 25.8 Å². The third kappa shape index (κ3) is 5.40. The Hall–Kier alpha value is -4.00. The number of nitrogens with zero attached hydrogens (tertiary/aromatic N) is 2. The number of para-hydroxylation sites is 2. The van der Waals surface area contributed by atoms with Crippen molar-refractivity contribution in [1.82, 2.24) is 9.55 Å². The van der Waals surface area contributed by atoms with Crippen LogP contribution in [-0.4, -0.2) is 37.5 Å². The second-order valence-corrected chi connectivity index (χ2v) is 8.04. The summed E-state index contributed by atoms with van der Waals surface area (Å²) in [6.07, 6.45) is 2.53. The summed E-state index contributed by atoms with van der Waals surface area (Å²) in [7, 11) is 4.85. The average molecular weight is 475 g/mol. The third-order valence-corrected chi connectivity index (χ3v) is 5.86. The van der Waals surface area contributed by atoms with Gasteiger partial charge in [0.15, 0.2) is 11.5 Å². The highest BCUT2D eigenvalue weighted by molar-refractivity contribution is 5.79. The largest absolute Gasteiger partial charge is 0.497 e. The Balaban J connectivity index is 1.46. The molecule has 1 aromatic heterocycles. The van der Waals surface area contributed by atoms with Crippen LogP contribution in [0.5, 0.6) is 23.0 Å². The van der Waals surface area contributed by atoms with Crippen LogP contribution in [0.25, 0.3) is 22.3 Å². The maximum absolute atomic E-state index is 13.3. The molecular formula is C28H30N2O5. The second-order valence-electron chi connectivity index (χ2n) is 8.04. The molecular weight excluding hydrogens is 444 g/mol. The summed E-state index contributed by atoms with van der Waals surface area (Å²) < 4.78 is 23.8. The van der Waals surface area contributed by atoms with Crippen LogP contribution in [0.2, 0.25) is 0 Å². The van der Waals surface area contributed by atoms with Crippen LogP contribution < -0.4 is 24.5 Å². The first-order valence-corrected chi connectivity index (χ1v) is 11.6. The zero-order valence-corrected chi connectivity index (χ0v) is 20.3. The first-order valence-electron chi connectivity index (χ1n) is 11.6. The number of ether oxygens (including phenoxy) is 4. The van der Waals surface area contributed by atoms with E-state index in [1.807, 2.05) is 66.7 Å². The van der Waals surface area contributed by atoms with Crippen molar-refractivity contribution in [3.05, 3.63) is 77.1 Å². The summed E-state index contributed by atoms with van der Waals surface area (Å²) in [5.41, 5.74) is 1.54. The van der Waals surface area contributed by atoms with E-state index in [0.717, 1.165) is 30.6 Å². The molecule has 4 rings (SSSR count). The van der Waals surface area contributed by atoms with Gasteiger partial charge in [0.05, 0.1) is 38.8 Å². The molecule has 0 aliphatic heterocycles. The van der Waals surface area contributed by atoms with Crippen molar-refractivity contribution >= 4 is 10.9 Å². The second kappa shape index (κ2) is 11.4. The van der Waals surface area contributed by atoms with Crippen LogP contribution >= 0.6 is 0 Å². The maximum Gasteiger partial charge on any atom is 0.261 e. The summed E-state index contributed by atoms with van der Waals surface area (Å²) in [6.45, 7) is 1.09. The summed E-state index contributed by atoms with van der Waals surface area (Å²) in [5, 5.41) is 0.622. The van der Waals surface area contributed by atoms with Crippen LogP contribution in [0.4, 0.5) is 0 Å². The van der Waals surface area contributed by atoms with E-state index in [9.17, 15) is 4.79 Å². The van der Waals surface area contributed by atoms with E-state index in [2.05, 4.69) is 0 Å². The van der Waals surface area contributed by atoms with Crippen LogP contribution in [-0.2, 0) is 6.54 Å². The van der Waals surface area contributed by atoms with E-state index in [1.54, 1.807) is 25.9 Å². The lowest BCUT2D eigenvalue weighted by atomic mass is 10.1. The Morgan fingerprint density at radius 3 is 2.17 bits per heavy atom. The number of methoxy groups -OCH3 is 3. The summed E-state index contributed by atoms with van der Waals surface area (Å²) in [4.78, 5) is 18.2.